The summed E-state index contributed by atoms with van der Waals surface area (Å²) in [4.78, 5) is 2.31. The molecule has 3 heteroatoms. The first-order valence-electron chi connectivity index (χ1n) is 17.9. The van der Waals surface area contributed by atoms with Crippen molar-refractivity contribution < 1.29 is 8.83 Å². The number of para-hydroxylation sites is 2. The predicted molar refractivity (Wildman–Crippen MR) is 220 cm³/mol. The Morgan fingerprint density at radius 2 is 0.736 bits per heavy atom. The van der Waals surface area contributed by atoms with Crippen molar-refractivity contribution in [1.29, 1.82) is 0 Å². The number of nitrogens with zero attached hydrogens (tertiary/aromatic N) is 1. The van der Waals surface area contributed by atoms with Gasteiger partial charge in [0.25, 0.3) is 0 Å². The van der Waals surface area contributed by atoms with Crippen LogP contribution in [0.3, 0.4) is 0 Å². The van der Waals surface area contributed by atoms with Gasteiger partial charge in [0.2, 0.25) is 0 Å². The van der Waals surface area contributed by atoms with Crippen LogP contribution in [-0.4, -0.2) is 0 Å². The summed E-state index contributed by atoms with van der Waals surface area (Å²) >= 11 is 0. The van der Waals surface area contributed by atoms with E-state index in [2.05, 4.69) is 175 Å². The maximum atomic E-state index is 6.19. The lowest BCUT2D eigenvalue weighted by Crippen LogP contribution is -2.09. The second kappa shape index (κ2) is 12.9. The summed E-state index contributed by atoms with van der Waals surface area (Å²) in [6, 6.07) is 70.5. The molecular weight excluding hydrogens is 647 g/mol. The van der Waals surface area contributed by atoms with Gasteiger partial charge in [-0.25, -0.2) is 0 Å². The van der Waals surface area contributed by atoms with Crippen LogP contribution < -0.4 is 4.90 Å². The molecule has 2 heterocycles. The number of hydrogen-bond acceptors (Lipinski definition) is 3. The van der Waals surface area contributed by atoms with Crippen molar-refractivity contribution in [2.75, 3.05) is 4.90 Å². The molecule has 8 aromatic carbocycles. The topological polar surface area (TPSA) is 29.5 Å². The van der Waals surface area contributed by atoms with E-state index in [1.807, 2.05) is 30.3 Å². The minimum atomic E-state index is 0.860. The number of hydrogen-bond donors (Lipinski definition) is 0. The number of fused-ring (bicyclic) bond motifs is 4. The van der Waals surface area contributed by atoms with Gasteiger partial charge < -0.3 is 13.7 Å². The van der Waals surface area contributed by atoms with Gasteiger partial charge in [-0.1, -0.05) is 121 Å². The van der Waals surface area contributed by atoms with Crippen molar-refractivity contribution in [1.82, 2.24) is 0 Å². The average molecular weight is 680 g/mol. The fraction of sp³-hybridized carbons (Fsp3) is 0. The SMILES string of the molecule is c1ccc(-c2ccc(-c3ccc(N(c4ccc(-c5ccc6oc7ccccc7c6c5)cc4)c4ccc(-c5cc6ccccc6o5)cc4)cc3)cc2)cc1. The molecule has 0 aliphatic heterocycles. The summed E-state index contributed by atoms with van der Waals surface area (Å²) in [6.45, 7) is 0. The molecule has 0 N–H and O–H groups in total. The summed E-state index contributed by atoms with van der Waals surface area (Å²) in [5.41, 5.74) is 14.0. The molecule has 2 aromatic heterocycles. The largest absolute Gasteiger partial charge is 0.456 e. The van der Waals surface area contributed by atoms with E-state index in [9.17, 15) is 0 Å². The Bertz CT molecular complexity index is 2810. The van der Waals surface area contributed by atoms with E-state index in [1.54, 1.807) is 0 Å². The second-order valence-electron chi connectivity index (χ2n) is 13.4. The Balaban J connectivity index is 0.999. The van der Waals surface area contributed by atoms with Crippen molar-refractivity contribution >= 4 is 50.0 Å². The predicted octanol–water partition coefficient (Wildman–Crippen LogP) is 14.5. The van der Waals surface area contributed by atoms with E-state index in [1.165, 1.54) is 22.3 Å². The van der Waals surface area contributed by atoms with Crippen LogP contribution in [0.4, 0.5) is 17.1 Å². The minimum absolute atomic E-state index is 0.860. The van der Waals surface area contributed by atoms with Crippen LogP contribution in [0, 0.1) is 0 Å². The van der Waals surface area contributed by atoms with Crippen molar-refractivity contribution in [3.05, 3.63) is 200 Å². The molecule has 0 amide bonds. The summed E-state index contributed by atoms with van der Waals surface area (Å²) in [6.07, 6.45) is 0. The fourth-order valence-corrected chi connectivity index (χ4v) is 7.34. The highest BCUT2D eigenvalue weighted by Crippen LogP contribution is 2.39. The molecule has 0 saturated heterocycles. The quantitative estimate of drug-likeness (QED) is 0.168. The zero-order valence-electron chi connectivity index (χ0n) is 28.8. The molecule has 0 aliphatic rings. The molecule has 0 spiro atoms. The molecule has 0 fully saturated rings. The van der Waals surface area contributed by atoms with Gasteiger partial charge in [-0.15, -0.1) is 0 Å². The highest BCUT2D eigenvalue weighted by atomic mass is 16.3. The third-order valence-corrected chi connectivity index (χ3v) is 10.1. The van der Waals surface area contributed by atoms with Gasteiger partial charge >= 0.3 is 0 Å². The molecule has 0 unspecified atom stereocenters. The monoisotopic (exact) mass is 679 g/mol. The minimum Gasteiger partial charge on any atom is -0.456 e. The fourth-order valence-electron chi connectivity index (χ4n) is 7.34. The number of rotatable bonds is 7. The van der Waals surface area contributed by atoms with Crippen LogP contribution in [0.2, 0.25) is 0 Å². The van der Waals surface area contributed by atoms with E-state index in [0.29, 0.717) is 0 Å². The molecule has 10 rings (SSSR count). The highest BCUT2D eigenvalue weighted by Gasteiger charge is 2.15. The number of furan rings is 2. The molecular formula is C50H33NO2. The van der Waals surface area contributed by atoms with Gasteiger partial charge in [0.05, 0.1) is 0 Å². The van der Waals surface area contributed by atoms with Crippen LogP contribution >= 0.6 is 0 Å². The number of benzene rings is 8. The lowest BCUT2D eigenvalue weighted by atomic mass is 10.00. The zero-order chi connectivity index (χ0) is 35.1. The van der Waals surface area contributed by atoms with Gasteiger partial charge in [0.1, 0.15) is 22.5 Å². The maximum Gasteiger partial charge on any atom is 0.135 e. The van der Waals surface area contributed by atoms with Crippen LogP contribution in [-0.2, 0) is 0 Å². The Hall–Kier alpha value is -7.10. The Labute approximate surface area is 307 Å². The molecule has 0 aliphatic carbocycles. The smallest absolute Gasteiger partial charge is 0.135 e. The van der Waals surface area contributed by atoms with E-state index >= 15 is 0 Å². The summed E-state index contributed by atoms with van der Waals surface area (Å²) < 4.78 is 12.3. The van der Waals surface area contributed by atoms with Crippen LogP contribution in [0.5, 0.6) is 0 Å². The van der Waals surface area contributed by atoms with Gasteiger partial charge in [0.15, 0.2) is 0 Å². The van der Waals surface area contributed by atoms with Gasteiger partial charge in [-0.05, 0) is 112 Å². The van der Waals surface area contributed by atoms with Crippen molar-refractivity contribution in [2.24, 2.45) is 0 Å². The summed E-state index contributed by atoms with van der Waals surface area (Å²) in [5.74, 6) is 0.860. The van der Waals surface area contributed by atoms with Crippen molar-refractivity contribution in [3.8, 4) is 44.7 Å². The van der Waals surface area contributed by atoms with Crippen LogP contribution in [0.1, 0.15) is 0 Å². The van der Waals surface area contributed by atoms with Crippen LogP contribution in [0.15, 0.2) is 209 Å². The summed E-state index contributed by atoms with van der Waals surface area (Å²) in [7, 11) is 0. The molecule has 0 saturated carbocycles. The standard InChI is InChI=1S/C50H33NO2/c1-2-8-34(9-3-1)35-14-16-36(17-15-35)37-18-25-42(26-19-37)51(44-29-22-39(23-30-44)50-33-41-10-4-6-12-47(41)52-50)43-27-20-38(21-28-43)40-24-31-49-46(32-40)45-11-5-7-13-48(45)53-49/h1-33H. The lowest BCUT2D eigenvalue weighted by molar-refractivity contribution is 0.631. The molecule has 10 aromatic rings. The van der Waals surface area contributed by atoms with Crippen molar-refractivity contribution in [2.45, 2.75) is 0 Å². The van der Waals surface area contributed by atoms with Gasteiger partial charge in [0, 0.05) is 38.8 Å². The summed E-state index contributed by atoms with van der Waals surface area (Å²) in [5, 5.41) is 3.36. The highest BCUT2D eigenvalue weighted by molar-refractivity contribution is 6.06. The normalized spacial score (nSPS) is 11.4. The molecule has 0 bridgehead atoms. The third kappa shape index (κ3) is 5.75. The Morgan fingerprint density at radius 3 is 1.36 bits per heavy atom. The first-order valence-corrected chi connectivity index (χ1v) is 17.9. The molecule has 250 valence electrons. The zero-order valence-corrected chi connectivity index (χ0v) is 28.8. The average Bonchev–Trinajstić information content (AvgIpc) is 3.84. The second-order valence-corrected chi connectivity index (χ2v) is 13.4. The van der Waals surface area contributed by atoms with E-state index in [-0.39, 0.29) is 0 Å². The lowest BCUT2D eigenvalue weighted by Gasteiger charge is -2.26. The molecule has 0 radical (unpaired) electrons. The first kappa shape index (κ1) is 30.7. The first-order chi connectivity index (χ1) is 26.2. The Morgan fingerprint density at radius 1 is 0.283 bits per heavy atom. The third-order valence-electron chi connectivity index (χ3n) is 10.1. The van der Waals surface area contributed by atoms with Gasteiger partial charge in [-0.2, -0.15) is 0 Å². The number of anilines is 3. The van der Waals surface area contributed by atoms with Crippen molar-refractivity contribution in [3.63, 3.8) is 0 Å². The molecule has 0 atom stereocenters. The van der Waals surface area contributed by atoms with E-state index in [0.717, 1.165) is 72.4 Å². The van der Waals surface area contributed by atoms with E-state index < -0.39 is 0 Å². The Kier molecular flexibility index (Phi) is 7.47. The maximum absolute atomic E-state index is 6.19. The molecule has 3 nitrogen and oxygen atoms in total. The van der Waals surface area contributed by atoms with Gasteiger partial charge in [-0.3, -0.25) is 0 Å². The van der Waals surface area contributed by atoms with Crippen LogP contribution in [0.25, 0.3) is 77.6 Å². The molecule has 53 heavy (non-hydrogen) atoms. The van der Waals surface area contributed by atoms with E-state index in [4.69, 9.17) is 8.83 Å².